The van der Waals surface area contributed by atoms with Gasteiger partial charge in [-0.15, -0.1) is 0 Å². The van der Waals surface area contributed by atoms with Crippen LogP contribution in [-0.2, 0) is 26.8 Å². The Balaban J connectivity index is 1.70. The molecule has 1 atom stereocenters. The third-order valence-corrected chi connectivity index (χ3v) is 9.99. The number of benzene rings is 1. The van der Waals surface area contributed by atoms with Crippen molar-refractivity contribution in [3.05, 3.63) is 55.3 Å². The standard InChI is InChI=1S/C21H22Cl2N2O6S4/c22-14-3-5-18-16(11-14)24(7-1-9-34(26,27)28)20(32-18)13-21-25(8-2-10-35(29,30)31)17-12-15(23)4-6-19(17)33-21/h3-6,11,13,17H,1-2,7-10,12H2,(H-,26,27,28,29,30,31)/p+1. The predicted molar refractivity (Wildman–Crippen MR) is 142 cm³/mol. The van der Waals surface area contributed by atoms with Crippen LogP contribution in [0.15, 0.2) is 45.3 Å². The Labute approximate surface area is 222 Å². The molecule has 0 radical (unpaired) electrons. The SMILES string of the molecule is O=S(=O)(O)CCCN1/C(=C/c2sc3ccc(Cl)cc3[n+]2CCCS(=O)(=O)O)SC2=CC=C(Cl)CC21. The molecule has 8 nitrogen and oxygen atoms in total. The molecule has 0 spiro atoms. The lowest BCUT2D eigenvalue weighted by molar-refractivity contribution is -0.668. The van der Waals surface area contributed by atoms with Gasteiger partial charge in [0.05, 0.1) is 28.7 Å². The molecule has 1 aliphatic heterocycles. The van der Waals surface area contributed by atoms with Crippen molar-refractivity contribution in [2.24, 2.45) is 0 Å². The molecule has 1 unspecified atom stereocenters. The smallest absolute Gasteiger partial charge is 0.265 e. The minimum absolute atomic E-state index is 0.0260. The van der Waals surface area contributed by atoms with Crippen LogP contribution in [0.1, 0.15) is 24.3 Å². The Hall–Kier alpha value is -1.12. The second-order valence-corrected chi connectivity index (χ2v) is 14.4. The molecule has 0 amide bonds. The quantitative estimate of drug-likeness (QED) is 0.320. The lowest BCUT2D eigenvalue weighted by atomic mass is 10.1. The molecule has 1 aromatic carbocycles. The molecule has 2 heterocycles. The molecule has 0 saturated carbocycles. The number of aryl methyl sites for hydroxylation is 1. The number of thioether (sulfide) groups is 1. The van der Waals surface area contributed by atoms with Crippen LogP contribution < -0.4 is 4.57 Å². The average molecular weight is 599 g/mol. The normalized spacial score (nSPS) is 19.8. The van der Waals surface area contributed by atoms with Crippen LogP contribution >= 0.6 is 46.3 Å². The van der Waals surface area contributed by atoms with E-state index in [2.05, 4.69) is 4.90 Å². The maximum absolute atomic E-state index is 11.3. The van der Waals surface area contributed by atoms with E-state index in [-0.39, 0.29) is 30.4 Å². The molecule has 190 valence electrons. The van der Waals surface area contributed by atoms with Crippen molar-refractivity contribution in [3.8, 4) is 0 Å². The second-order valence-electron chi connectivity index (χ2n) is 8.16. The van der Waals surface area contributed by atoms with E-state index in [1.54, 1.807) is 17.8 Å². The van der Waals surface area contributed by atoms with Gasteiger partial charge in [-0.05, 0) is 30.7 Å². The van der Waals surface area contributed by atoms with Gasteiger partial charge >= 0.3 is 0 Å². The zero-order chi connectivity index (χ0) is 25.4. The summed E-state index contributed by atoms with van der Waals surface area (Å²) in [5.74, 6) is -0.697. The first-order chi connectivity index (χ1) is 16.4. The molecule has 4 rings (SSSR count). The minimum atomic E-state index is -4.08. The monoisotopic (exact) mass is 597 g/mol. The van der Waals surface area contributed by atoms with E-state index in [0.29, 0.717) is 29.6 Å². The van der Waals surface area contributed by atoms with E-state index in [0.717, 1.165) is 25.2 Å². The van der Waals surface area contributed by atoms with Crippen molar-refractivity contribution >= 4 is 82.8 Å². The maximum atomic E-state index is 11.3. The van der Waals surface area contributed by atoms with Gasteiger partial charge in [0.2, 0.25) is 5.52 Å². The molecule has 35 heavy (non-hydrogen) atoms. The summed E-state index contributed by atoms with van der Waals surface area (Å²) in [6.45, 7) is 0.760. The maximum Gasteiger partial charge on any atom is 0.265 e. The highest BCUT2D eigenvalue weighted by molar-refractivity contribution is 8.07. The fraction of sp³-hybridized carbons (Fsp3) is 0.381. The van der Waals surface area contributed by atoms with E-state index < -0.39 is 20.2 Å². The van der Waals surface area contributed by atoms with Crippen LogP contribution in [-0.4, -0.2) is 54.9 Å². The molecule has 1 aliphatic carbocycles. The van der Waals surface area contributed by atoms with Crippen molar-refractivity contribution in [1.29, 1.82) is 0 Å². The number of thiazole rings is 1. The van der Waals surface area contributed by atoms with Gasteiger partial charge in [0, 0.05) is 40.4 Å². The summed E-state index contributed by atoms with van der Waals surface area (Å²) in [5, 5.41) is 3.02. The van der Waals surface area contributed by atoms with Gasteiger partial charge in [-0.2, -0.15) is 21.4 Å². The Morgan fingerprint density at radius 3 is 2.51 bits per heavy atom. The number of nitrogens with zero attached hydrogens (tertiary/aromatic N) is 2. The predicted octanol–water partition coefficient (Wildman–Crippen LogP) is 4.52. The van der Waals surface area contributed by atoms with Gasteiger partial charge in [0.25, 0.3) is 25.2 Å². The molecule has 1 aromatic heterocycles. The summed E-state index contributed by atoms with van der Waals surface area (Å²) in [7, 11) is -8.16. The number of allylic oxidation sites excluding steroid dienone is 2. The lowest BCUT2D eigenvalue weighted by Gasteiger charge is -2.28. The Kier molecular flexibility index (Phi) is 8.23. The molecule has 1 saturated heterocycles. The Morgan fingerprint density at radius 2 is 1.80 bits per heavy atom. The Bertz CT molecular complexity index is 1450. The summed E-state index contributed by atoms with van der Waals surface area (Å²) in [6.07, 6.45) is 6.88. The molecule has 2 N–H and O–H groups in total. The topological polar surface area (TPSA) is 116 Å². The lowest BCUT2D eigenvalue weighted by Crippen LogP contribution is -2.36. The zero-order valence-corrected chi connectivity index (χ0v) is 23.1. The van der Waals surface area contributed by atoms with Crippen molar-refractivity contribution in [3.63, 3.8) is 0 Å². The minimum Gasteiger partial charge on any atom is -0.358 e. The van der Waals surface area contributed by atoms with Crippen LogP contribution in [0.4, 0.5) is 0 Å². The number of hydrogen-bond donors (Lipinski definition) is 2. The first kappa shape index (κ1) is 26.9. The molecular formula is C21H23Cl2N2O6S4+. The zero-order valence-electron chi connectivity index (χ0n) is 18.3. The van der Waals surface area contributed by atoms with Crippen LogP contribution in [0.2, 0.25) is 5.02 Å². The second kappa shape index (κ2) is 10.7. The van der Waals surface area contributed by atoms with Crippen molar-refractivity contribution in [2.45, 2.75) is 31.8 Å². The number of fused-ring (bicyclic) bond motifs is 2. The fourth-order valence-electron chi connectivity index (χ4n) is 4.05. The fourth-order valence-corrected chi connectivity index (χ4v) is 7.83. The third kappa shape index (κ3) is 7.01. The van der Waals surface area contributed by atoms with Crippen molar-refractivity contribution in [1.82, 2.24) is 4.90 Å². The largest absolute Gasteiger partial charge is 0.358 e. The van der Waals surface area contributed by atoms with Crippen LogP contribution in [0.5, 0.6) is 0 Å². The van der Waals surface area contributed by atoms with Gasteiger partial charge in [-0.25, -0.2) is 0 Å². The van der Waals surface area contributed by atoms with Gasteiger partial charge in [-0.3, -0.25) is 9.11 Å². The molecule has 0 bridgehead atoms. The number of rotatable bonds is 9. The van der Waals surface area contributed by atoms with Gasteiger partial charge in [0.1, 0.15) is 4.70 Å². The summed E-state index contributed by atoms with van der Waals surface area (Å²) >= 11 is 15.6. The summed E-state index contributed by atoms with van der Waals surface area (Å²) in [5.41, 5.74) is 0.854. The summed E-state index contributed by atoms with van der Waals surface area (Å²) < 4.78 is 66.3. The Morgan fingerprint density at radius 1 is 1.09 bits per heavy atom. The molecule has 14 heteroatoms. The highest BCUT2D eigenvalue weighted by Gasteiger charge is 2.36. The first-order valence-corrected chi connectivity index (χ1v) is 16.2. The number of hydrogen-bond acceptors (Lipinski definition) is 7. The summed E-state index contributed by atoms with van der Waals surface area (Å²) in [4.78, 5) is 3.19. The van der Waals surface area contributed by atoms with Crippen LogP contribution in [0.25, 0.3) is 16.3 Å². The van der Waals surface area contributed by atoms with Crippen molar-refractivity contribution in [2.75, 3.05) is 18.1 Å². The first-order valence-electron chi connectivity index (χ1n) is 10.6. The summed E-state index contributed by atoms with van der Waals surface area (Å²) in [6, 6.07) is 5.49. The van der Waals surface area contributed by atoms with Crippen LogP contribution in [0.3, 0.4) is 0 Å². The molecular weight excluding hydrogens is 575 g/mol. The number of halogens is 2. The molecule has 1 fully saturated rings. The van der Waals surface area contributed by atoms with E-state index in [1.165, 1.54) is 11.3 Å². The van der Waals surface area contributed by atoms with E-state index in [1.807, 2.05) is 34.9 Å². The molecule has 2 aliphatic rings. The van der Waals surface area contributed by atoms with E-state index in [4.69, 9.17) is 32.3 Å². The van der Waals surface area contributed by atoms with E-state index in [9.17, 15) is 16.8 Å². The number of aromatic nitrogens is 1. The van der Waals surface area contributed by atoms with Gasteiger partial charge < -0.3 is 4.90 Å². The highest BCUT2D eigenvalue weighted by atomic mass is 35.5. The third-order valence-electron chi connectivity index (χ3n) is 5.55. The van der Waals surface area contributed by atoms with Crippen LogP contribution in [0, 0.1) is 0 Å². The van der Waals surface area contributed by atoms with Gasteiger partial charge in [0.15, 0.2) is 6.54 Å². The molecule has 2 aromatic rings. The highest BCUT2D eigenvalue weighted by Crippen LogP contribution is 2.47. The van der Waals surface area contributed by atoms with Crippen molar-refractivity contribution < 1.29 is 30.5 Å². The van der Waals surface area contributed by atoms with Gasteiger partial charge in [-0.1, -0.05) is 46.3 Å². The van der Waals surface area contributed by atoms with E-state index >= 15 is 0 Å². The average Bonchev–Trinajstić information content (AvgIpc) is 3.24.